The molecule has 1 aromatic heterocycles. The minimum Gasteiger partial charge on any atom is -0.481 e. The molecule has 2 N–H and O–H groups in total. The number of nitrogens with zero attached hydrogens (tertiary/aromatic N) is 3. The van der Waals surface area contributed by atoms with Crippen molar-refractivity contribution in [3.63, 3.8) is 0 Å². The van der Waals surface area contributed by atoms with Crippen LogP contribution in [0.5, 0.6) is 0 Å². The Labute approximate surface area is 105 Å². The van der Waals surface area contributed by atoms with Crippen molar-refractivity contribution in [3.8, 4) is 6.07 Å². The zero-order valence-corrected chi connectivity index (χ0v) is 10.1. The van der Waals surface area contributed by atoms with Gasteiger partial charge in [-0.3, -0.25) is 4.79 Å². The van der Waals surface area contributed by atoms with Gasteiger partial charge in [-0.25, -0.2) is 9.97 Å². The molecule has 0 radical (unpaired) electrons. The van der Waals surface area contributed by atoms with E-state index in [4.69, 9.17) is 5.26 Å². The Morgan fingerprint density at radius 2 is 2.33 bits per heavy atom. The summed E-state index contributed by atoms with van der Waals surface area (Å²) >= 11 is 0. The molecule has 0 spiro atoms. The zero-order valence-electron chi connectivity index (χ0n) is 10.1. The molecule has 1 fully saturated rings. The molecule has 0 bridgehead atoms. The van der Waals surface area contributed by atoms with Crippen LogP contribution in [0.15, 0.2) is 6.07 Å². The van der Waals surface area contributed by atoms with E-state index < -0.39 is 11.4 Å². The van der Waals surface area contributed by atoms with Crippen molar-refractivity contribution in [1.82, 2.24) is 9.97 Å². The third kappa shape index (κ3) is 2.25. The standard InChI is InChI=1S/C12H14N4O2/c1-8-5-9(6-13)16-11(15-8)14-7-12(10(17)18)3-2-4-12/h5H,2-4,7H2,1H3,(H,17,18)(H,14,15,16). The van der Waals surface area contributed by atoms with Gasteiger partial charge in [0.15, 0.2) is 0 Å². The van der Waals surface area contributed by atoms with Crippen molar-refractivity contribution in [2.24, 2.45) is 5.41 Å². The van der Waals surface area contributed by atoms with Gasteiger partial charge in [-0.15, -0.1) is 0 Å². The monoisotopic (exact) mass is 246 g/mol. The quantitative estimate of drug-likeness (QED) is 0.831. The molecular formula is C12H14N4O2. The predicted octanol–water partition coefficient (Wildman–Crippen LogP) is 1.32. The minimum atomic E-state index is -0.783. The second-order valence-corrected chi connectivity index (χ2v) is 4.62. The number of rotatable bonds is 4. The number of anilines is 1. The molecule has 6 heteroatoms. The molecule has 1 saturated carbocycles. The van der Waals surface area contributed by atoms with Gasteiger partial charge in [-0.05, 0) is 25.8 Å². The maximum Gasteiger partial charge on any atom is 0.311 e. The lowest BCUT2D eigenvalue weighted by Crippen LogP contribution is -2.43. The van der Waals surface area contributed by atoms with E-state index in [1.165, 1.54) is 0 Å². The Balaban J connectivity index is 2.09. The Bertz CT molecular complexity index is 517. The highest BCUT2D eigenvalue weighted by Gasteiger charge is 2.44. The molecule has 2 rings (SSSR count). The highest BCUT2D eigenvalue weighted by atomic mass is 16.4. The fourth-order valence-corrected chi connectivity index (χ4v) is 2.02. The van der Waals surface area contributed by atoms with Gasteiger partial charge in [0.25, 0.3) is 0 Å². The van der Waals surface area contributed by atoms with Crippen LogP contribution < -0.4 is 5.32 Å². The van der Waals surface area contributed by atoms with Gasteiger partial charge in [0.1, 0.15) is 11.8 Å². The maximum atomic E-state index is 11.2. The van der Waals surface area contributed by atoms with Crippen LogP contribution in [0, 0.1) is 23.7 Å². The summed E-state index contributed by atoms with van der Waals surface area (Å²) in [6.07, 6.45) is 2.28. The highest BCUT2D eigenvalue weighted by molar-refractivity contribution is 5.76. The second-order valence-electron chi connectivity index (χ2n) is 4.62. The van der Waals surface area contributed by atoms with Crippen molar-refractivity contribution in [1.29, 1.82) is 5.26 Å². The summed E-state index contributed by atoms with van der Waals surface area (Å²) in [7, 11) is 0. The number of aromatic nitrogens is 2. The van der Waals surface area contributed by atoms with Crippen molar-refractivity contribution in [2.45, 2.75) is 26.2 Å². The largest absolute Gasteiger partial charge is 0.481 e. The first kappa shape index (κ1) is 12.3. The van der Waals surface area contributed by atoms with E-state index >= 15 is 0 Å². The van der Waals surface area contributed by atoms with Gasteiger partial charge in [0, 0.05) is 12.2 Å². The predicted molar refractivity (Wildman–Crippen MR) is 63.9 cm³/mol. The van der Waals surface area contributed by atoms with E-state index in [-0.39, 0.29) is 5.69 Å². The molecule has 0 aromatic carbocycles. The number of hydrogen-bond donors (Lipinski definition) is 2. The van der Waals surface area contributed by atoms with Gasteiger partial charge in [0.05, 0.1) is 5.41 Å². The summed E-state index contributed by atoms with van der Waals surface area (Å²) in [6.45, 7) is 2.07. The second kappa shape index (κ2) is 4.61. The van der Waals surface area contributed by atoms with Crippen molar-refractivity contribution < 1.29 is 9.90 Å². The van der Waals surface area contributed by atoms with Crippen LogP contribution in [0.2, 0.25) is 0 Å². The topological polar surface area (TPSA) is 98.9 Å². The van der Waals surface area contributed by atoms with Crippen LogP contribution in [0.3, 0.4) is 0 Å². The lowest BCUT2D eigenvalue weighted by molar-refractivity contribution is -0.153. The first-order valence-corrected chi connectivity index (χ1v) is 5.79. The summed E-state index contributed by atoms with van der Waals surface area (Å²) in [5.74, 6) is -0.464. The number of nitrogens with one attached hydrogen (secondary N) is 1. The van der Waals surface area contributed by atoms with Gasteiger partial charge in [-0.1, -0.05) is 6.42 Å². The normalized spacial score (nSPS) is 16.4. The van der Waals surface area contributed by atoms with E-state index in [9.17, 15) is 9.90 Å². The van der Waals surface area contributed by atoms with Gasteiger partial charge < -0.3 is 10.4 Å². The Morgan fingerprint density at radius 1 is 1.61 bits per heavy atom. The Hall–Kier alpha value is -2.16. The van der Waals surface area contributed by atoms with E-state index in [0.717, 1.165) is 6.42 Å². The van der Waals surface area contributed by atoms with Gasteiger partial charge in [0.2, 0.25) is 5.95 Å². The van der Waals surface area contributed by atoms with Gasteiger partial charge >= 0.3 is 5.97 Å². The minimum absolute atomic E-state index is 0.281. The highest BCUT2D eigenvalue weighted by Crippen LogP contribution is 2.41. The van der Waals surface area contributed by atoms with Crippen LogP contribution in [0.1, 0.15) is 30.7 Å². The number of aliphatic carboxylic acids is 1. The van der Waals surface area contributed by atoms with Crippen molar-refractivity contribution >= 4 is 11.9 Å². The summed E-state index contributed by atoms with van der Waals surface area (Å²) in [6, 6.07) is 3.53. The molecule has 0 unspecified atom stereocenters. The average molecular weight is 246 g/mol. The van der Waals surface area contributed by atoms with Crippen molar-refractivity contribution in [3.05, 3.63) is 17.5 Å². The summed E-state index contributed by atoms with van der Waals surface area (Å²) < 4.78 is 0. The third-order valence-electron chi connectivity index (χ3n) is 3.32. The number of nitriles is 1. The van der Waals surface area contributed by atoms with Crippen LogP contribution >= 0.6 is 0 Å². The van der Waals surface area contributed by atoms with Crippen molar-refractivity contribution in [2.75, 3.05) is 11.9 Å². The first-order valence-electron chi connectivity index (χ1n) is 5.79. The summed E-state index contributed by atoms with van der Waals surface area (Å²) in [4.78, 5) is 19.3. The molecule has 0 atom stereocenters. The molecule has 1 aliphatic rings. The fourth-order valence-electron chi connectivity index (χ4n) is 2.02. The Kier molecular flexibility index (Phi) is 3.15. The number of carboxylic acid groups (broad SMARTS) is 1. The number of carbonyl (C=O) groups is 1. The number of carboxylic acids is 1. The molecule has 6 nitrogen and oxygen atoms in total. The molecular weight excluding hydrogens is 232 g/mol. The zero-order chi connectivity index (χ0) is 13.2. The van der Waals surface area contributed by atoms with Gasteiger partial charge in [-0.2, -0.15) is 5.26 Å². The molecule has 1 aliphatic carbocycles. The Morgan fingerprint density at radius 3 is 2.83 bits per heavy atom. The first-order chi connectivity index (χ1) is 8.55. The van der Waals surface area contributed by atoms with Crippen LogP contribution in [-0.4, -0.2) is 27.6 Å². The summed E-state index contributed by atoms with van der Waals surface area (Å²) in [5.41, 5.74) is 0.268. The fraction of sp³-hybridized carbons (Fsp3) is 0.500. The number of hydrogen-bond acceptors (Lipinski definition) is 5. The van der Waals surface area contributed by atoms with E-state index in [2.05, 4.69) is 15.3 Å². The van der Waals surface area contributed by atoms with E-state index in [1.54, 1.807) is 13.0 Å². The van der Waals surface area contributed by atoms with Crippen LogP contribution in [0.4, 0.5) is 5.95 Å². The lowest BCUT2D eigenvalue weighted by Gasteiger charge is -2.37. The lowest BCUT2D eigenvalue weighted by atomic mass is 9.69. The number of aryl methyl sites for hydroxylation is 1. The van der Waals surface area contributed by atoms with E-state index in [1.807, 2.05) is 6.07 Å². The van der Waals surface area contributed by atoms with Crippen LogP contribution in [0.25, 0.3) is 0 Å². The molecule has 0 aliphatic heterocycles. The average Bonchev–Trinajstić information content (AvgIpc) is 2.26. The van der Waals surface area contributed by atoms with Crippen LogP contribution in [-0.2, 0) is 4.79 Å². The molecule has 1 aromatic rings. The molecule has 18 heavy (non-hydrogen) atoms. The SMILES string of the molecule is Cc1cc(C#N)nc(NCC2(C(=O)O)CCC2)n1. The summed E-state index contributed by atoms with van der Waals surface area (Å²) in [5, 5.41) is 20.9. The molecule has 1 heterocycles. The molecule has 0 amide bonds. The third-order valence-corrected chi connectivity index (χ3v) is 3.32. The molecule has 0 saturated heterocycles. The maximum absolute atomic E-state index is 11.2. The molecule has 94 valence electrons. The smallest absolute Gasteiger partial charge is 0.311 e. The van der Waals surface area contributed by atoms with E-state index in [0.29, 0.717) is 31.0 Å².